The van der Waals surface area contributed by atoms with Crippen LogP contribution in [0.1, 0.15) is 12.0 Å². The fourth-order valence-electron chi connectivity index (χ4n) is 3.24. The van der Waals surface area contributed by atoms with Crippen molar-refractivity contribution in [2.24, 2.45) is 0 Å². The molecule has 4 rings (SSSR count). The molecule has 1 atom stereocenters. The lowest BCUT2D eigenvalue weighted by Gasteiger charge is -2.21. The summed E-state index contributed by atoms with van der Waals surface area (Å²) < 4.78 is 42.1. The van der Waals surface area contributed by atoms with E-state index in [0.29, 0.717) is 28.0 Å². The lowest BCUT2D eigenvalue weighted by atomic mass is 10.2. The molecule has 1 amide bonds. The van der Waals surface area contributed by atoms with Crippen molar-refractivity contribution in [3.8, 4) is 17.2 Å². The van der Waals surface area contributed by atoms with Crippen LogP contribution in [0, 0.1) is 0 Å². The molecule has 2 aromatic carbocycles. The van der Waals surface area contributed by atoms with Crippen LogP contribution in [0.15, 0.2) is 36.4 Å². The number of halogens is 1. The normalized spacial score (nSPS) is 17.9. The number of carbonyl (C=O) groups is 1. The predicted octanol–water partition coefficient (Wildman–Crippen LogP) is 2.30. The first-order valence-corrected chi connectivity index (χ1v) is 11.1. The van der Waals surface area contributed by atoms with Crippen molar-refractivity contribution in [2.45, 2.75) is 19.1 Å². The molecular formula is C19H19ClN2O6S. The molecule has 1 unspecified atom stereocenters. The van der Waals surface area contributed by atoms with Crippen LogP contribution in [0.2, 0.25) is 5.02 Å². The number of anilines is 1. The second-order valence-electron chi connectivity index (χ2n) is 6.75. The van der Waals surface area contributed by atoms with Gasteiger partial charge in [0.05, 0.1) is 11.9 Å². The highest BCUT2D eigenvalue weighted by molar-refractivity contribution is 7.92. The summed E-state index contributed by atoms with van der Waals surface area (Å²) >= 11 is 6.03. The predicted molar refractivity (Wildman–Crippen MR) is 107 cm³/mol. The molecule has 2 aromatic rings. The van der Waals surface area contributed by atoms with Crippen molar-refractivity contribution in [3.63, 3.8) is 0 Å². The Morgan fingerprint density at radius 2 is 1.93 bits per heavy atom. The molecule has 0 saturated heterocycles. The van der Waals surface area contributed by atoms with Crippen LogP contribution in [0.5, 0.6) is 17.2 Å². The molecule has 2 heterocycles. The lowest BCUT2D eigenvalue weighted by Crippen LogP contribution is -2.39. The van der Waals surface area contributed by atoms with E-state index < -0.39 is 16.1 Å². The van der Waals surface area contributed by atoms with Crippen LogP contribution >= 0.6 is 11.6 Å². The van der Waals surface area contributed by atoms with Gasteiger partial charge in [0.15, 0.2) is 17.6 Å². The van der Waals surface area contributed by atoms with Crippen molar-refractivity contribution in [2.75, 3.05) is 23.9 Å². The topological polar surface area (TPSA) is 94.2 Å². The molecule has 8 nitrogen and oxygen atoms in total. The summed E-state index contributed by atoms with van der Waals surface area (Å²) in [4.78, 5) is 12.7. The van der Waals surface area contributed by atoms with Crippen molar-refractivity contribution < 1.29 is 27.4 Å². The largest absolute Gasteiger partial charge is 0.478 e. The average molecular weight is 439 g/mol. The molecule has 0 radical (unpaired) electrons. The van der Waals surface area contributed by atoms with E-state index in [1.54, 1.807) is 24.3 Å². The van der Waals surface area contributed by atoms with Gasteiger partial charge in [0.25, 0.3) is 5.91 Å². The maximum atomic E-state index is 12.7. The van der Waals surface area contributed by atoms with Crippen molar-refractivity contribution in [1.82, 2.24) is 5.32 Å². The first-order valence-electron chi connectivity index (χ1n) is 8.91. The van der Waals surface area contributed by atoms with Crippen molar-refractivity contribution in [3.05, 3.63) is 47.0 Å². The second kappa shape index (κ2) is 7.64. The zero-order chi connectivity index (χ0) is 20.6. The number of sulfonamides is 1. The molecule has 29 heavy (non-hydrogen) atoms. The zero-order valence-corrected chi connectivity index (χ0v) is 17.1. The van der Waals surface area contributed by atoms with Crippen LogP contribution in [0.25, 0.3) is 0 Å². The number of amides is 1. The maximum Gasteiger partial charge on any atom is 0.261 e. The zero-order valence-electron chi connectivity index (χ0n) is 15.6. The third-order valence-corrected chi connectivity index (χ3v) is 6.06. The minimum Gasteiger partial charge on any atom is -0.478 e. The number of fused-ring (bicyclic) bond motifs is 2. The van der Waals surface area contributed by atoms with E-state index >= 15 is 0 Å². The summed E-state index contributed by atoms with van der Waals surface area (Å²) in [7, 11) is -3.55. The van der Waals surface area contributed by atoms with E-state index in [2.05, 4.69) is 5.32 Å². The molecular weight excluding hydrogens is 420 g/mol. The highest BCUT2D eigenvalue weighted by Crippen LogP contribution is 2.36. The standard InChI is InChI=1S/C19H19ClN2O6S/c1-29(24,25)22-7-6-17(28-15-5-3-13(20)9-14(15)22)19(23)21-10-12-2-4-16-18(8-12)27-11-26-16/h2-5,8-9,17H,6-7,10-11H2,1H3,(H,21,23). The van der Waals surface area contributed by atoms with Crippen LogP contribution < -0.4 is 23.8 Å². The molecule has 0 bridgehead atoms. The molecule has 154 valence electrons. The molecule has 0 fully saturated rings. The summed E-state index contributed by atoms with van der Waals surface area (Å²) in [5.74, 6) is 1.26. The Labute approximate surface area is 173 Å². The maximum absolute atomic E-state index is 12.7. The molecule has 2 aliphatic heterocycles. The Morgan fingerprint density at radius 3 is 2.72 bits per heavy atom. The summed E-state index contributed by atoms with van der Waals surface area (Å²) in [6, 6.07) is 10.1. The molecule has 0 saturated carbocycles. The number of nitrogens with zero attached hydrogens (tertiary/aromatic N) is 1. The van der Waals surface area contributed by atoms with Gasteiger partial charge in [-0.05, 0) is 35.9 Å². The van der Waals surface area contributed by atoms with Gasteiger partial charge in [-0.2, -0.15) is 0 Å². The SMILES string of the molecule is CS(=O)(=O)N1CCC(C(=O)NCc2ccc3c(c2)OCO3)Oc2ccc(Cl)cc21. The number of benzene rings is 2. The van der Waals surface area contributed by atoms with Crippen LogP contribution in [-0.4, -0.2) is 40.0 Å². The van der Waals surface area contributed by atoms with Gasteiger partial charge in [-0.15, -0.1) is 0 Å². The minimum absolute atomic E-state index is 0.105. The van der Waals surface area contributed by atoms with Gasteiger partial charge in [-0.3, -0.25) is 9.10 Å². The highest BCUT2D eigenvalue weighted by Gasteiger charge is 2.31. The van der Waals surface area contributed by atoms with E-state index in [9.17, 15) is 13.2 Å². The Balaban J connectivity index is 1.49. The fraction of sp³-hybridized carbons (Fsp3) is 0.316. The van der Waals surface area contributed by atoms with Crippen molar-refractivity contribution >= 4 is 33.2 Å². The lowest BCUT2D eigenvalue weighted by molar-refractivity contribution is -0.128. The fourth-order valence-corrected chi connectivity index (χ4v) is 4.34. The van der Waals surface area contributed by atoms with Crippen LogP contribution in [0.3, 0.4) is 0 Å². The summed E-state index contributed by atoms with van der Waals surface area (Å²) in [5.41, 5.74) is 1.17. The van der Waals surface area contributed by atoms with E-state index in [1.807, 2.05) is 6.07 Å². The Morgan fingerprint density at radius 1 is 1.17 bits per heavy atom. The molecule has 0 spiro atoms. The minimum atomic E-state index is -3.55. The van der Waals surface area contributed by atoms with Gasteiger partial charge in [-0.1, -0.05) is 17.7 Å². The molecule has 2 aliphatic rings. The highest BCUT2D eigenvalue weighted by atomic mass is 35.5. The summed E-state index contributed by atoms with van der Waals surface area (Å²) in [5, 5.41) is 3.21. The Kier molecular flexibility index (Phi) is 5.18. The van der Waals surface area contributed by atoms with Gasteiger partial charge < -0.3 is 19.5 Å². The average Bonchev–Trinajstić information content (AvgIpc) is 3.04. The second-order valence-corrected chi connectivity index (χ2v) is 9.09. The smallest absolute Gasteiger partial charge is 0.261 e. The number of hydrogen-bond acceptors (Lipinski definition) is 6. The van der Waals surface area contributed by atoms with Gasteiger partial charge >= 0.3 is 0 Å². The molecule has 1 N–H and O–H groups in total. The number of hydrogen-bond donors (Lipinski definition) is 1. The summed E-state index contributed by atoms with van der Waals surface area (Å²) in [6.45, 7) is 0.564. The third-order valence-electron chi connectivity index (χ3n) is 4.65. The number of carbonyl (C=O) groups excluding carboxylic acids is 1. The van der Waals surface area contributed by atoms with Gasteiger partial charge in [0, 0.05) is 24.5 Å². The summed E-state index contributed by atoms with van der Waals surface area (Å²) in [6.07, 6.45) is 0.472. The molecule has 0 aliphatic carbocycles. The van der Waals surface area contributed by atoms with Crippen LogP contribution in [-0.2, 0) is 21.4 Å². The molecule has 0 aromatic heterocycles. The van der Waals surface area contributed by atoms with E-state index in [0.717, 1.165) is 11.8 Å². The monoisotopic (exact) mass is 438 g/mol. The third kappa shape index (κ3) is 4.20. The van der Waals surface area contributed by atoms with Gasteiger partial charge in [0.2, 0.25) is 16.8 Å². The number of rotatable bonds is 4. The first kappa shape index (κ1) is 19.7. The van der Waals surface area contributed by atoms with E-state index in [1.165, 1.54) is 10.4 Å². The quantitative estimate of drug-likeness (QED) is 0.787. The van der Waals surface area contributed by atoms with Gasteiger partial charge in [0.1, 0.15) is 5.75 Å². The first-order chi connectivity index (χ1) is 13.8. The van der Waals surface area contributed by atoms with Crippen LogP contribution in [0.4, 0.5) is 5.69 Å². The van der Waals surface area contributed by atoms with Crippen molar-refractivity contribution in [1.29, 1.82) is 0 Å². The number of ether oxygens (including phenoxy) is 3. The molecule has 10 heteroatoms. The van der Waals surface area contributed by atoms with E-state index in [4.69, 9.17) is 25.8 Å². The van der Waals surface area contributed by atoms with Gasteiger partial charge in [-0.25, -0.2) is 8.42 Å². The Hall–Kier alpha value is -2.65. The number of nitrogens with one attached hydrogen (secondary N) is 1. The van der Waals surface area contributed by atoms with E-state index in [-0.39, 0.29) is 32.2 Å². The Bertz CT molecular complexity index is 1060.